The molecule has 0 fully saturated rings. The Morgan fingerprint density at radius 2 is 1.07 bits per heavy atom. The molecule has 1 heterocycles. The van der Waals surface area contributed by atoms with Crippen molar-refractivity contribution < 1.29 is 0 Å². The number of pyridine rings is 1. The summed E-state index contributed by atoms with van der Waals surface area (Å²) in [5.41, 5.74) is 4.93. The molecular weight excluding hydrogens is 362 g/mol. The number of hydrogen-bond acceptors (Lipinski definition) is 1. The SMILES string of the molecule is c1cc(-c2ccc3cnccc3c2)cc(-c2ccc3c(ccc4ccccc43)c2)c1. The van der Waals surface area contributed by atoms with Crippen molar-refractivity contribution in [1.82, 2.24) is 4.98 Å². The van der Waals surface area contributed by atoms with E-state index in [0.29, 0.717) is 0 Å². The first kappa shape index (κ1) is 16.9. The lowest BCUT2D eigenvalue weighted by Crippen LogP contribution is -1.84. The summed E-state index contributed by atoms with van der Waals surface area (Å²) < 4.78 is 0. The molecule has 0 spiro atoms. The molecule has 0 saturated heterocycles. The van der Waals surface area contributed by atoms with Crippen LogP contribution in [0.2, 0.25) is 0 Å². The minimum Gasteiger partial charge on any atom is -0.264 e. The van der Waals surface area contributed by atoms with Gasteiger partial charge in [-0.1, -0.05) is 78.9 Å². The minimum atomic E-state index is 1.17. The molecule has 6 aromatic rings. The highest BCUT2D eigenvalue weighted by atomic mass is 14.6. The van der Waals surface area contributed by atoms with Crippen LogP contribution in [0, 0.1) is 0 Å². The van der Waals surface area contributed by atoms with E-state index in [-0.39, 0.29) is 0 Å². The van der Waals surface area contributed by atoms with Crippen molar-refractivity contribution in [2.24, 2.45) is 0 Å². The number of fused-ring (bicyclic) bond motifs is 4. The first-order chi connectivity index (χ1) is 14.8. The fraction of sp³-hybridized carbons (Fsp3) is 0. The van der Waals surface area contributed by atoms with Crippen LogP contribution in [-0.2, 0) is 0 Å². The number of hydrogen-bond donors (Lipinski definition) is 0. The molecule has 0 amide bonds. The zero-order valence-electron chi connectivity index (χ0n) is 16.4. The lowest BCUT2D eigenvalue weighted by atomic mass is 9.95. The normalized spacial score (nSPS) is 11.3. The Morgan fingerprint density at radius 3 is 1.97 bits per heavy atom. The van der Waals surface area contributed by atoms with Crippen LogP contribution in [0.4, 0.5) is 0 Å². The van der Waals surface area contributed by atoms with E-state index in [0.717, 1.165) is 0 Å². The lowest BCUT2D eigenvalue weighted by Gasteiger charge is -2.09. The second-order valence-corrected chi connectivity index (χ2v) is 7.74. The van der Waals surface area contributed by atoms with E-state index in [9.17, 15) is 0 Å². The molecule has 0 aliphatic rings. The molecule has 0 unspecified atom stereocenters. The lowest BCUT2D eigenvalue weighted by molar-refractivity contribution is 1.36. The highest BCUT2D eigenvalue weighted by molar-refractivity contribution is 6.08. The fourth-order valence-corrected chi connectivity index (χ4v) is 4.33. The van der Waals surface area contributed by atoms with Crippen molar-refractivity contribution in [2.75, 3.05) is 0 Å². The molecule has 1 heteroatoms. The van der Waals surface area contributed by atoms with Gasteiger partial charge in [-0.3, -0.25) is 4.98 Å². The van der Waals surface area contributed by atoms with Gasteiger partial charge in [-0.15, -0.1) is 0 Å². The highest BCUT2D eigenvalue weighted by Crippen LogP contribution is 2.32. The summed E-state index contributed by atoms with van der Waals surface area (Å²) in [4.78, 5) is 4.21. The van der Waals surface area contributed by atoms with E-state index in [2.05, 4.69) is 108 Å². The quantitative estimate of drug-likeness (QED) is 0.278. The molecule has 1 nitrogen and oxygen atoms in total. The number of aromatic nitrogens is 1. The molecule has 0 atom stereocenters. The summed E-state index contributed by atoms with van der Waals surface area (Å²) in [5.74, 6) is 0. The molecule has 0 aliphatic heterocycles. The van der Waals surface area contributed by atoms with Crippen molar-refractivity contribution in [1.29, 1.82) is 0 Å². The van der Waals surface area contributed by atoms with Crippen LogP contribution in [-0.4, -0.2) is 4.98 Å². The Bertz CT molecular complexity index is 1550. The summed E-state index contributed by atoms with van der Waals surface area (Å²) in [6.07, 6.45) is 3.76. The number of benzene rings is 5. The maximum absolute atomic E-state index is 4.21. The first-order valence-electron chi connectivity index (χ1n) is 10.2. The van der Waals surface area contributed by atoms with E-state index in [1.807, 2.05) is 12.4 Å². The van der Waals surface area contributed by atoms with Crippen LogP contribution in [0.15, 0.2) is 116 Å². The van der Waals surface area contributed by atoms with Gasteiger partial charge < -0.3 is 0 Å². The van der Waals surface area contributed by atoms with Crippen LogP contribution in [0.25, 0.3) is 54.6 Å². The minimum absolute atomic E-state index is 1.17. The van der Waals surface area contributed by atoms with Crippen molar-refractivity contribution in [3.05, 3.63) is 116 Å². The second kappa shape index (κ2) is 6.82. The van der Waals surface area contributed by atoms with Gasteiger partial charge in [0.2, 0.25) is 0 Å². The van der Waals surface area contributed by atoms with Gasteiger partial charge in [0, 0.05) is 17.8 Å². The number of rotatable bonds is 2. The average Bonchev–Trinajstić information content (AvgIpc) is 2.83. The van der Waals surface area contributed by atoms with Gasteiger partial charge in [0.05, 0.1) is 0 Å². The molecule has 0 saturated carbocycles. The third-order valence-corrected chi connectivity index (χ3v) is 5.91. The first-order valence-corrected chi connectivity index (χ1v) is 10.2. The van der Waals surface area contributed by atoms with E-state index in [1.54, 1.807) is 0 Å². The van der Waals surface area contributed by atoms with Crippen molar-refractivity contribution in [3.8, 4) is 22.3 Å². The van der Waals surface area contributed by atoms with E-state index >= 15 is 0 Å². The Balaban J connectivity index is 1.46. The average molecular weight is 381 g/mol. The maximum Gasteiger partial charge on any atom is 0.0346 e. The Morgan fingerprint density at radius 1 is 0.400 bits per heavy atom. The molecular formula is C29H19N. The molecule has 140 valence electrons. The summed E-state index contributed by atoms with van der Waals surface area (Å²) in [7, 11) is 0. The van der Waals surface area contributed by atoms with Gasteiger partial charge >= 0.3 is 0 Å². The van der Waals surface area contributed by atoms with Crippen LogP contribution in [0.1, 0.15) is 0 Å². The number of nitrogens with zero attached hydrogens (tertiary/aromatic N) is 1. The van der Waals surface area contributed by atoms with E-state index < -0.39 is 0 Å². The van der Waals surface area contributed by atoms with Crippen molar-refractivity contribution in [3.63, 3.8) is 0 Å². The third-order valence-electron chi connectivity index (χ3n) is 5.91. The van der Waals surface area contributed by atoms with Crippen LogP contribution >= 0.6 is 0 Å². The molecule has 0 aliphatic carbocycles. The zero-order valence-corrected chi connectivity index (χ0v) is 16.4. The summed E-state index contributed by atoms with van der Waals surface area (Å²) in [6, 6.07) is 37.2. The molecule has 0 bridgehead atoms. The molecule has 0 radical (unpaired) electrons. The Hall–Kier alpha value is -3.97. The molecule has 0 N–H and O–H groups in total. The predicted octanol–water partition coefficient (Wildman–Crippen LogP) is 7.88. The van der Waals surface area contributed by atoms with Gasteiger partial charge in [0.15, 0.2) is 0 Å². The maximum atomic E-state index is 4.21. The highest BCUT2D eigenvalue weighted by Gasteiger charge is 2.06. The van der Waals surface area contributed by atoms with Gasteiger partial charge in [-0.2, -0.15) is 0 Å². The van der Waals surface area contributed by atoms with Crippen LogP contribution < -0.4 is 0 Å². The van der Waals surface area contributed by atoms with Crippen molar-refractivity contribution in [2.45, 2.75) is 0 Å². The topological polar surface area (TPSA) is 12.9 Å². The van der Waals surface area contributed by atoms with E-state index in [4.69, 9.17) is 0 Å². The van der Waals surface area contributed by atoms with Gasteiger partial charge in [-0.25, -0.2) is 0 Å². The fourth-order valence-electron chi connectivity index (χ4n) is 4.33. The third kappa shape index (κ3) is 2.84. The predicted molar refractivity (Wildman–Crippen MR) is 128 cm³/mol. The smallest absolute Gasteiger partial charge is 0.0346 e. The summed E-state index contributed by atoms with van der Waals surface area (Å²) in [5, 5.41) is 7.54. The molecule has 6 rings (SSSR count). The van der Waals surface area contributed by atoms with Crippen LogP contribution in [0.5, 0.6) is 0 Å². The van der Waals surface area contributed by atoms with E-state index in [1.165, 1.54) is 54.6 Å². The van der Waals surface area contributed by atoms with Crippen LogP contribution in [0.3, 0.4) is 0 Å². The summed E-state index contributed by atoms with van der Waals surface area (Å²) in [6.45, 7) is 0. The van der Waals surface area contributed by atoms with Crippen molar-refractivity contribution >= 4 is 32.3 Å². The summed E-state index contributed by atoms with van der Waals surface area (Å²) >= 11 is 0. The van der Waals surface area contributed by atoms with Gasteiger partial charge in [-0.05, 0) is 73.5 Å². The monoisotopic (exact) mass is 381 g/mol. The van der Waals surface area contributed by atoms with Gasteiger partial charge in [0.25, 0.3) is 0 Å². The Kier molecular flexibility index (Phi) is 3.85. The molecule has 30 heavy (non-hydrogen) atoms. The zero-order chi connectivity index (χ0) is 19.9. The van der Waals surface area contributed by atoms with Gasteiger partial charge in [0.1, 0.15) is 0 Å². The molecule has 5 aromatic carbocycles. The largest absolute Gasteiger partial charge is 0.264 e. The standard InChI is InChI=1S/C29H19N/c1-2-7-28-20(4-1)8-10-26-18-24(12-13-29(26)28)22-6-3-5-21(16-22)23-9-11-27-19-30-15-14-25(27)17-23/h1-19H. The Labute approximate surface area is 175 Å². The molecule has 1 aromatic heterocycles. The second-order valence-electron chi connectivity index (χ2n) is 7.74.